The van der Waals surface area contributed by atoms with Crippen LogP contribution >= 0.6 is 0 Å². The maximum atomic E-state index is 11.9. The molecule has 0 bridgehead atoms. The van der Waals surface area contributed by atoms with Crippen LogP contribution in [0.15, 0.2) is 0 Å². The van der Waals surface area contributed by atoms with E-state index in [-0.39, 0.29) is 12.1 Å². The van der Waals surface area contributed by atoms with Gasteiger partial charge in [-0.05, 0) is 25.2 Å². The molecule has 2 atom stereocenters. The van der Waals surface area contributed by atoms with E-state index in [1.165, 1.54) is 0 Å². The third-order valence-electron chi connectivity index (χ3n) is 2.79. The van der Waals surface area contributed by atoms with E-state index < -0.39 is 12.7 Å². The third kappa shape index (κ3) is 2.60. The third-order valence-corrected chi connectivity index (χ3v) is 2.79. The Morgan fingerprint density at radius 1 is 1.21 bits per heavy atom. The van der Waals surface area contributed by atoms with Crippen LogP contribution in [0.2, 0.25) is 0 Å². The van der Waals surface area contributed by atoms with Crippen LogP contribution in [0.4, 0.5) is 13.2 Å². The number of ether oxygens (including phenoxy) is 1. The van der Waals surface area contributed by atoms with Gasteiger partial charge < -0.3 is 10.1 Å². The summed E-state index contributed by atoms with van der Waals surface area (Å²) in [5.74, 6) is 0.503. The number of alkyl halides is 3. The van der Waals surface area contributed by atoms with Gasteiger partial charge in [-0.2, -0.15) is 13.2 Å². The highest BCUT2D eigenvalue weighted by atomic mass is 19.4. The van der Waals surface area contributed by atoms with Crippen molar-refractivity contribution in [3.8, 4) is 0 Å². The molecule has 14 heavy (non-hydrogen) atoms. The SMILES string of the molecule is FC(F)(F)CNC1CCOC1C1CC1. The van der Waals surface area contributed by atoms with Crippen molar-refractivity contribution in [3.05, 3.63) is 0 Å². The second-order valence-electron chi connectivity index (χ2n) is 4.06. The van der Waals surface area contributed by atoms with Crippen molar-refractivity contribution in [1.29, 1.82) is 0 Å². The van der Waals surface area contributed by atoms with Crippen molar-refractivity contribution in [2.75, 3.05) is 13.2 Å². The minimum atomic E-state index is -4.11. The second-order valence-corrected chi connectivity index (χ2v) is 4.06. The molecule has 1 aliphatic heterocycles. The van der Waals surface area contributed by atoms with Gasteiger partial charge in [-0.3, -0.25) is 0 Å². The molecular formula is C9H14F3NO. The average molecular weight is 209 g/mol. The summed E-state index contributed by atoms with van der Waals surface area (Å²) in [6.07, 6.45) is -1.17. The second kappa shape index (κ2) is 3.70. The molecule has 1 heterocycles. The van der Waals surface area contributed by atoms with Crippen LogP contribution in [0, 0.1) is 5.92 Å². The van der Waals surface area contributed by atoms with Gasteiger partial charge >= 0.3 is 6.18 Å². The van der Waals surface area contributed by atoms with Gasteiger partial charge in [-0.25, -0.2) is 0 Å². The summed E-state index contributed by atoms with van der Waals surface area (Å²) in [5.41, 5.74) is 0. The molecule has 0 aromatic rings. The van der Waals surface area contributed by atoms with Crippen LogP contribution in [0.1, 0.15) is 19.3 Å². The zero-order valence-electron chi connectivity index (χ0n) is 7.81. The predicted molar refractivity (Wildman–Crippen MR) is 44.9 cm³/mol. The molecule has 0 radical (unpaired) electrons. The lowest BCUT2D eigenvalue weighted by atomic mass is 10.1. The van der Waals surface area contributed by atoms with Crippen LogP contribution in [0.3, 0.4) is 0 Å². The Hall–Kier alpha value is -0.290. The van der Waals surface area contributed by atoms with Crippen LogP contribution in [0.5, 0.6) is 0 Å². The number of hydrogen-bond acceptors (Lipinski definition) is 2. The fourth-order valence-corrected chi connectivity index (χ4v) is 1.97. The smallest absolute Gasteiger partial charge is 0.376 e. The van der Waals surface area contributed by atoms with E-state index in [1.54, 1.807) is 0 Å². The molecule has 82 valence electrons. The zero-order valence-corrected chi connectivity index (χ0v) is 7.81. The van der Waals surface area contributed by atoms with Gasteiger partial charge in [0.1, 0.15) is 0 Å². The van der Waals surface area contributed by atoms with E-state index in [0.29, 0.717) is 18.9 Å². The number of rotatable bonds is 3. The summed E-state index contributed by atoms with van der Waals surface area (Å²) in [6, 6.07) is -0.0934. The van der Waals surface area contributed by atoms with Crippen LogP contribution < -0.4 is 5.32 Å². The molecule has 1 aliphatic carbocycles. The van der Waals surface area contributed by atoms with E-state index in [9.17, 15) is 13.2 Å². The molecule has 0 spiro atoms. The Kier molecular flexibility index (Phi) is 2.70. The van der Waals surface area contributed by atoms with Gasteiger partial charge in [-0.15, -0.1) is 0 Å². The minimum Gasteiger partial charge on any atom is -0.376 e. The van der Waals surface area contributed by atoms with Gasteiger partial charge in [-0.1, -0.05) is 0 Å². The first kappa shape index (κ1) is 10.2. The summed E-state index contributed by atoms with van der Waals surface area (Å²) in [4.78, 5) is 0. The van der Waals surface area contributed by atoms with Gasteiger partial charge in [0.2, 0.25) is 0 Å². The number of hydrogen-bond donors (Lipinski definition) is 1. The Bertz CT molecular complexity index is 203. The maximum Gasteiger partial charge on any atom is 0.401 e. The average Bonchev–Trinajstić information content (AvgIpc) is 2.81. The molecule has 0 amide bonds. The zero-order chi connectivity index (χ0) is 10.2. The number of halogens is 3. The highest BCUT2D eigenvalue weighted by Crippen LogP contribution is 2.38. The predicted octanol–water partition coefficient (Wildman–Crippen LogP) is 1.71. The molecule has 2 rings (SSSR count). The molecule has 2 fully saturated rings. The lowest BCUT2D eigenvalue weighted by Crippen LogP contribution is -2.42. The lowest BCUT2D eigenvalue weighted by molar-refractivity contribution is -0.127. The Morgan fingerprint density at radius 3 is 2.50 bits per heavy atom. The molecule has 0 aromatic carbocycles. The fraction of sp³-hybridized carbons (Fsp3) is 1.00. The highest BCUT2D eigenvalue weighted by molar-refractivity contribution is 4.93. The Morgan fingerprint density at radius 2 is 1.93 bits per heavy atom. The first-order valence-corrected chi connectivity index (χ1v) is 4.98. The van der Waals surface area contributed by atoms with Crippen molar-refractivity contribution < 1.29 is 17.9 Å². The van der Waals surface area contributed by atoms with E-state index >= 15 is 0 Å². The maximum absolute atomic E-state index is 11.9. The van der Waals surface area contributed by atoms with Gasteiger partial charge in [0, 0.05) is 12.6 Å². The van der Waals surface area contributed by atoms with Crippen molar-refractivity contribution in [2.45, 2.75) is 37.6 Å². The van der Waals surface area contributed by atoms with E-state index in [2.05, 4.69) is 5.32 Å². The Balaban J connectivity index is 1.78. The van der Waals surface area contributed by atoms with E-state index in [0.717, 1.165) is 12.8 Å². The van der Waals surface area contributed by atoms with Gasteiger partial charge in [0.25, 0.3) is 0 Å². The molecule has 2 aliphatic rings. The standard InChI is InChI=1S/C9H14F3NO/c10-9(11,12)5-13-7-3-4-14-8(7)6-1-2-6/h6-8,13H,1-5H2. The van der Waals surface area contributed by atoms with Crippen molar-refractivity contribution in [2.24, 2.45) is 5.92 Å². The molecule has 2 unspecified atom stereocenters. The summed E-state index contributed by atoms with van der Waals surface area (Å²) >= 11 is 0. The minimum absolute atomic E-state index is 0.0253. The molecule has 1 N–H and O–H groups in total. The first-order valence-electron chi connectivity index (χ1n) is 4.98. The highest BCUT2D eigenvalue weighted by Gasteiger charge is 2.41. The Labute approximate surface area is 80.8 Å². The topological polar surface area (TPSA) is 21.3 Å². The quantitative estimate of drug-likeness (QED) is 0.764. The van der Waals surface area contributed by atoms with E-state index in [1.807, 2.05) is 0 Å². The summed E-state index contributed by atoms with van der Waals surface area (Å²) in [5, 5.41) is 2.54. The van der Waals surface area contributed by atoms with Crippen molar-refractivity contribution in [1.82, 2.24) is 5.32 Å². The summed E-state index contributed by atoms with van der Waals surface area (Å²) in [7, 11) is 0. The van der Waals surface area contributed by atoms with E-state index in [4.69, 9.17) is 4.74 Å². The molecule has 0 aromatic heterocycles. The summed E-state index contributed by atoms with van der Waals surface area (Å²) < 4.78 is 41.3. The van der Waals surface area contributed by atoms with Crippen molar-refractivity contribution in [3.63, 3.8) is 0 Å². The van der Waals surface area contributed by atoms with Crippen molar-refractivity contribution >= 4 is 0 Å². The molecule has 2 nitrogen and oxygen atoms in total. The molecule has 1 saturated heterocycles. The monoisotopic (exact) mass is 209 g/mol. The molecule has 1 saturated carbocycles. The molecular weight excluding hydrogens is 195 g/mol. The lowest BCUT2D eigenvalue weighted by Gasteiger charge is -2.20. The molecule has 5 heteroatoms. The van der Waals surface area contributed by atoms with Gasteiger partial charge in [0.05, 0.1) is 12.6 Å². The van der Waals surface area contributed by atoms with Gasteiger partial charge in [0.15, 0.2) is 0 Å². The van der Waals surface area contributed by atoms with Crippen LogP contribution in [0.25, 0.3) is 0 Å². The van der Waals surface area contributed by atoms with Crippen LogP contribution in [-0.2, 0) is 4.74 Å². The van der Waals surface area contributed by atoms with Crippen LogP contribution in [-0.4, -0.2) is 31.5 Å². The number of nitrogens with one attached hydrogen (secondary N) is 1. The first-order chi connectivity index (χ1) is 6.56. The summed E-state index contributed by atoms with van der Waals surface area (Å²) in [6.45, 7) is -0.305. The largest absolute Gasteiger partial charge is 0.401 e. The fourth-order valence-electron chi connectivity index (χ4n) is 1.97. The normalized spacial score (nSPS) is 33.6.